The molecule has 2 aromatic carbocycles. The summed E-state index contributed by atoms with van der Waals surface area (Å²) in [4.78, 5) is 15.0. The second-order valence-electron chi connectivity index (χ2n) is 7.49. The second-order valence-corrected chi connectivity index (χ2v) is 10.0. The number of rotatable bonds is 7. The molecule has 0 atom stereocenters. The van der Waals surface area contributed by atoms with Gasteiger partial charge in [-0.3, -0.25) is 9.69 Å². The summed E-state index contributed by atoms with van der Waals surface area (Å²) in [5, 5.41) is 0. The summed E-state index contributed by atoms with van der Waals surface area (Å²) in [5.41, 5.74) is 3.12. The highest BCUT2D eigenvalue weighted by molar-refractivity contribution is 9.10. The number of methoxy groups -OCH3 is 1. The summed E-state index contributed by atoms with van der Waals surface area (Å²) >= 11 is 10.3. The normalized spacial score (nSPS) is 15.4. The largest absolute Gasteiger partial charge is 0.493 e. The Balaban J connectivity index is 1.81. The topological polar surface area (TPSA) is 38.8 Å². The Hall–Kier alpha value is -1.83. The van der Waals surface area contributed by atoms with Gasteiger partial charge in [-0.15, -0.1) is 0 Å². The molecule has 1 heterocycles. The standard InChI is InChI=1S/C23H24BrNO3S2/c1-14(2)12-25-22(26)21(30-23(25)29)10-17-9-19(27-4)20(11-18(17)24)28-13-16-7-5-15(3)6-8-16/h5-11,14H,12-13H2,1-4H3/b21-10-. The van der Waals surface area contributed by atoms with Crippen LogP contribution in [-0.4, -0.2) is 28.8 Å². The molecule has 3 rings (SSSR count). The van der Waals surface area contributed by atoms with Crippen LogP contribution in [0.4, 0.5) is 0 Å². The van der Waals surface area contributed by atoms with Gasteiger partial charge in [-0.1, -0.05) is 83.6 Å². The van der Waals surface area contributed by atoms with E-state index < -0.39 is 0 Å². The molecular formula is C23H24BrNO3S2. The lowest BCUT2D eigenvalue weighted by Crippen LogP contribution is -2.31. The fourth-order valence-corrected chi connectivity index (χ4v) is 4.65. The van der Waals surface area contributed by atoms with E-state index in [0.29, 0.717) is 39.8 Å². The highest BCUT2D eigenvalue weighted by Gasteiger charge is 2.32. The number of carbonyl (C=O) groups excluding carboxylic acids is 1. The second kappa shape index (κ2) is 9.98. The molecule has 0 aromatic heterocycles. The van der Waals surface area contributed by atoms with Crippen LogP contribution in [0.5, 0.6) is 11.5 Å². The Morgan fingerprint density at radius 1 is 1.20 bits per heavy atom. The number of nitrogens with zero attached hydrogens (tertiary/aromatic N) is 1. The van der Waals surface area contributed by atoms with Crippen LogP contribution in [-0.2, 0) is 11.4 Å². The molecule has 1 fully saturated rings. The highest BCUT2D eigenvalue weighted by atomic mass is 79.9. The monoisotopic (exact) mass is 505 g/mol. The average molecular weight is 506 g/mol. The lowest BCUT2D eigenvalue weighted by atomic mass is 10.1. The molecule has 1 amide bonds. The molecular weight excluding hydrogens is 482 g/mol. The lowest BCUT2D eigenvalue weighted by molar-refractivity contribution is -0.122. The number of benzene rings is 2. The molecule has 1 aliphatic heterocycles. The van der Waals surface area contributed by atoms with Gasteiger partial charge in [-0.25, -0.2) is 0 Å². The van der Waals surface area contributed by atoms with Gasteiger partial charge in [-0.05, 0) is 42.2 Å². The predicted octanol–water partition coefficient (Wildman–Crippen LogP) is 6.20. The number of amides is 1. The summed E-state index contributed by atoms with van der Waals surface area (Å²) in [6.07, 6.45) is 1.84. The number of ether oxygens (including phenoxy) is 2. The molecule has 0 aliphatic carbocycles. The number of aryl methyl sites for hydroxylation is 1. The molecule has 158 valence electrons. The fourth-order valence-electron chi connectivity index (χ4n) is 2.94. The zero-order chi connectivity index (χ0) is 21.8. The first-order chi connectivity index (χ1) is 14.3. The van der Waals surface area contributed by atoms with E-state index in [4.69, 9.17) is 21.7 Å². The maximum atomic E-state index is 12.7. The first kappa shape index (κ1) is 22.8. The van der Waals surface area contributed by atoms with Gasteiger partial charge in [0.2, 0.25) is 0 Å². The van der Waals surface area contributed by atoms with E-state index in [1.165, 1.54) is 17.3 Å². The molecule has 0 radical (unpaired) electrons. The van der Waals surface area contributed by atoms with Crippen molar-refractivity contribution in [2.75, 3.05) is 13.7 Å². The average Bonchev–Trinajstić information content (AvgIpc) is 2.96. The zero-order valence-corrected chi connectivity index (χ0v) is 20.6. The Morgan fingerprint density at radius 2 is 1.90 bits per heavy atom. The maximum Gasteiger partial charge on any atom is 0.266 e. The third-order valence-electron chi connectivity index (χ3n) is 4.51. The van der Waals surface area contributed by atoms with E-state index in [1.807, 2.05) is 30.3 Å². The number of thioether (sulfide) groups is 1. The zero-order valence-electron chi connectivity index (χ0n) is 17.4. The van der Waals surface area contributed by atoms with E-state index in [-0.39, 0.29) is 5.91 Å². The first-order valence-electron chi connectivity index (χ1n) is 9.59. The molecule has 0 N–H and O–H groups in total. The van der Waals surface area contributed by atoms with Crippen molar-refractivity contribution >= 4 is 56.2 Å². The van der Waals surface area contributed by atoms with Gasteiger partial charge in [0.25, 0.3) is 5.91 Å². The van der Waals surface area contributed by atoms with Gasteiger partial charge in [-0.2, -0.15) is 0 Å². The third kappa shape index (κ3) is 5.45. The lowest BCUT2D eigenvalue weighted by Gasteiger charge is -2.16. The van der Waals surface area contributed by atoms with Crippen molar-refractivity contribution in [2.45, 2.75) is 27.4 Å². The van der Waals surface area contributed by atoms with Crippen LogP contribution in [0.1, 0.15) is 30.5 Å². The molecule has 1 aliphatic rings. The number of hydrogen-bond donors (Lipinski definition) is 0. The van der Waals surface area contributed by atoms with Crippen LogP contribution >= 0.6 is 39.9 Å². The van der Waals surface area contributed by atoms with Crippen molar-refractivity contribution in [3.8, 4) is 11.5 Å². The van der Waals surface area contributed by atoms with Crippen molar-refractivity contribution < 1.29 is 14.3 Å². The maximum absolute atomic E-state index is 12.7. The number of carbonyl (C=O) groups is 1. The van der Waals surface area contributed by atoms with Crippen molar-refractivity contribution in [3.63, 3.8) is 0 Å². The van der Waals surface area contributed by atoms with E-state index in [2.05, 4.69) is 48.8 Å². The van der Waals surface area contributed by atoms with Gasteiger partial charge >= 0.3 is 0 Å². The molecule has 0 unspecified atom stereocenters. The Morgan fingerprint density at radius 3 is 2.53 bits per heavy atom. The van der Waals surface area contributed by atoms with Crippen molar-refractivity contribution in [3.05, 3.63) is 62.5 Å². The predicted molar refractivity (Wildman–Crippen MR) is 131 cm³/mol. The molecule has 1 saturated heterocycles. The molecule has 0 bridgehead atoms. The van der Waals surface area contributed by atoms with E-state index >= 15 is 0 Å². The molecule has 4 nitrogen and oxygen atoms in total. The SMILES string of the molecule is COc1cc(/C=C2\SC(=S)N(CC(C)C)C2=O)c(Br)cc1OCc1ccc(C)cc1. The first-order valence-corrected chi connectivity index (χ1v) is 11.6. The number of halogens is 1. The van der Waals surface area contributed by atoms with Gasteiger partial charge in [0.05, 0.1) is 12.0 Å². The van der Waals surface area contributed by atoms with Crippen molar-refractivity contribution in [2.24, 2.45) is 5.92 Å². The van der Waals surface area contributed by atoms with E-state index in [0.717, 1.165) is 15.6 Å². The van der Waals surface area contributed by atoms with Gasteiger partial charge in [0, 0.05) is 11.0 Å². The molecule has 0 spiro atoms. The van der Waals surface area contributed by atoms with Crippen LogP contribution in [0, 0.1) is 12.8 Å². The van der Waals surface area contributed by atoms with Gasteiger partial charge < -0.3 is 9.47 Å². The summed E-state index contributed by atoms with van der Waals surface area (Å²) in [6.45, 7) is 7.26. The fraction of sp³-hybridized carbons (Fsp3) is 0.304. The van der Waals surface area contributed by atoms with Crippen molar-refractivity contribution in [1.82, 2.24) is 4.90 Å². The number of thiocarbonyl (C=S) groups is 1. The number of hydrogen-bond acceptors (Lipinski definition) is 5. The molecule has 30 heavy (non-hydrogen) atoms. The minimum Gasteiger partial charge on any atom is -0.493 e. The van der Waals surface area contributed by atoms with E-state index in [1.54, 1.807) is 12.0 Å². The Bertz CT molecular complexity index is 987. The van der Waals surface area contributed by atoms with Gasteiger partial charge in [0.15, 0.2) is 11.5 Å². The minimum absolute atomic E-state index is 0.0516. The Labute approximate surface area is 195 Å². The highest BCUT2D eigenvalue weighted by Crippen LogP contribution is 2.38. The smallest absolute Gasteiger partial charge is 0.266 e. The summed E-state index contributed by atoms with van der Waals surface area (Å²) in [5.74, 6) is 1.54. The van der Waals surface area contributed by atoms with Crippen LogP contribution in [0.15, 0.2) is 45.8 Å². The van der Waals surface area contributed by atoms with Crippen LogP contribution < -0.4 is 9.47 Å². The summed E-state index contributed by atoms with van der Waals surface area (Å²) < 4.78 is 12.9. The van der Waals surface area contributed by atoms with Crippen molar-refractivity contribution in [1.29, 1.82) is 0 Å². The van der Waals surface area contributed by atoms with Crippen LogP contribution in [0.2, 0.25) is 0 Å². The van der Waals surface area contributed by atoms with Crippen LogP contribution in [0.25, 0.3) is 6.08 Å². The third-order valence-corrected chi connectivity index (χ3v) is 6.57. The van der Waals surface area contributed by atoms with Gasteiger partial charge in [0.1, 0.15) is 10.9 Å². The van der Waals surface area contributed by atoms with Crippen LogP contribution in [0.3, 0.4) is 0 Å². The summed E-state index contributed by atoms with van der Waals surface area (Å²) in [6, 6.07) is 11.9. The summed E-state index contributed by atoms with van der Waals surface area (Å²) in [7, 11) is 1.61. The molecule has 0 saturated carbocycles. The molecule has 7 heteroatoms. The molecule has 2 aromatic rings. The van der Waals surface area contributed by atoms with E-state index in [9.17, 15) is 4.79 Å². The Kier molecular flexibility index (Phi) is 7.60. The quantitative estimate of drug-likeness (QED) is 0.330. The minimum atomic E-state index is -0.0516.